The van der Waals surface area contributed by atoms with Crippen molar-refractivity contribution in [3.63, 3.8) is 0 Å². The van der Waals surface area contributed by atoms with E-state index in [0.29, 0.717) is 58.9 Å². The molecule has 0 atom stereocenters. The maximum atomic E-state index is 13.1. The van der Waals surface area contributed by atoms with E-state index in [1.165, 1.54) is 25.1 Å². The van der Waals surface area contributed by atoms with Crippen molar-refractivity contribution in [2.45, 2.75) is 24.0 Å². The molecule has 0 spiro atoms. The highest BCUT2D eigenvalue weighted by molar-refractivity contribution is 7.98. The van der Waals surface area contributed by atoms with E-state index in [-0.39, 0.29) is 23.9 Å². The largest absolute Gasteiger partial charge is 0.375 e. The number of carbonyl (C=O) groups is 1. The third-order valence-electron chi connectivity index (χ3n) is 6.17. The van der Waals surface area contributed by atoms with Crippen molar-refractivity contribution >= 4 is 39.6 Å². The SMILES string of the molecule is COCC(=O)N1CCC(n2c(=O)[nH]c(=O)c3cnc4ccc(-c5cnc(SC)nc5)nc4c32)CC1. The summed E-state index contributed by atoms with van der Waals surface area (Å²) in [5.74, 6) is -0.0831. The van der Waals surface area contributed by atoms with Crippen molar-refractivity contribution in [3.8, 4) is 11.3 Å². The minimum absolute atomic E-state index is 0.0246. The molecule has 12 heteroatoms. The predicted molar refractivity (Wildman–Crippen MR) is 131 cm³/mol. The maximum absolute atomic E-state index is 13.1. The van der Waals surface area contributed by atoms with Crippen molar-refractivity contribution in [2.75, 3.05) is 33.1 Å². The lowest BCUT2D eigenvalue weighted by Crippen LogP contribution is -2.43. The summed E-state index contributed by atoms with van der Waals surface area (Å²) >= 11 is 1.44. The number of hydrogen-bond donors (Lipinski definition) is 1. The number of aromatic nitrogens is 6. The molecule has 0 unspecified atom stereocenters. The van der Waals surface area contributed by atoms with Gasteiger partial charge in [-0.25, -0.2) is 19.7 Å². The van der Waals surface area contributed by atoms with E-state index in [9.17, 15) is 14.4 Å². The molecule has 0 aromatic carbocycles. The van der Waals surface area contributed by atoms with E-state index in [2.05, 4.69) is 19.9 Å². The first-order valence-electron chi connectivity index (χ1n) is 11.1. The molecular weight excluding hydrogens is 470 g/mol. The number of aromatic amines is 1. The summed E-state index contributed by atoms with van der Waals surface area (Å²) in [7, 11) is 1.49. The molecule has 5 heterocycles. The molecule has 0 bridgehead atoms. The Morgan fingerprint density at radius 3 is 2.57 bits per heavy atom. The number of likely N-dealkylation sites (tertiary alicyclic amines) is 1. The fraction of sp³-hybridized carbons (Fsp3) is 0.348. The molecule has 0 saturated carbocycles. The van der Waals surface area contributed by atoms with Crippen LogP contribution in [0.25, 0.3) is 33.2 Å². The van der Waals surface area contributed by atoms with Gasteiger partial charge >= 0.3 is 5.69 Å². The van der Waals surface area contributed by atoms with Crippen molar-refractivity contribution < 1.29 is 9.53 Å². The van der Waals surface area contributed by atoms with Crippen LogP contribution in [-0.4, -0.2) is 73.4 Å². The van der Waals surface area contributed by atoms with E-state index < -0.39 is 11.2 Å². The minimum Gasteiger partial charge on any atom is -0.375 e. The Bertz CT molecular complexity index is 1530. The van der Waals surface area contributed by atoms with Crippen molar-refractivity contribution in [3.05, 3.63) is 51.6 Å². The second-order valence-corrected chi connectivity index (χ2v) is 8.99. The Balaban J connectivity index is 1.63. The fourth-order valence-corrected chi connectivity index (χ4v) is 4.76. The van der Waals surface area contributed by atoms with Crippen LogP contribution in [0.5, 0.6) is 0 Å². The zero-order valence-corrected chi connectivity index (χ0v) is 20.0. The van der Waals surface area contributed by atoms with Gasteiger partial charge < -0.3 is 9.64 Å². The highest BCUT2D eigenvalue weighted by atomic mass is 32.2. The van der Waals surface area contributed by atoms with Crippen LogP contribution in [0.2, 0.25) is 0 Å². The molecule has 1 fully saturated rings. The summed E-state index contributed by atoms with van der Waals surface area (Å²) in [6.45, 7) is 0.998. The normalized spacial score (nSPS) is 14.6. The molecule has 4 aromatic heterocycles. The Hall–Kier alpha value is -3.64. The van der Waals surface area contributed by atoms with Crippen LogP contribution in [0.1, 0.15) is 18.9 Å². The standard InChI is InChI=1S/C23H23N7O4S/c1-34-12-18(31)29-7-5-14(6-8-29)30-20-15(21(32)28-23(30)33)11-24-17-4-3-16(27-19(17)20)13-9-25-22(35-2)26-10-13/h3-4,9-11,14H,5-8,12H2,1-2H3,(H,28,32,33). The van der Waals surface area contributed by atoms with Gasteiger partial charge in [-0.1, -0.05) is 11.8 Å². The summed E-state index contributed by atoms with van der Waals surface area (Å²) in [6, 6.07) is 3.41. The first kappa shape index (κ1) is 23.1. The third-order valence-corrected chi connectivity index (χ3v) is 6.74. The fourth-order valence-electron chi connectivity index (χ4n) is 4.44. The number of carbonyl (C=O) groups excluding carboxylic acids is 1. The molecule has 0 radical (unpaired) electrons. The second kappa shape index (κ2) is 9.55. The lowest BCUT2D eigenvalue weighted by Gasteiger charge is -2.33. The van der Waals surface area contributed by atoms with E-state index in [1.807, 2.05) is 18.4 Å². The van der Waals surface area contributed by atoms with Crippen LogP contribution < -0.4 is 11.2 Å². The molecule has 1 saturated heterocycles. The van der Waals surface area contributed by atoms with E-state index in [4.69, 9.17) is 9.72 Å². The molecule has 1 aliphatic rings. The summed E-state index contributed by atoms with van der Waals surface area (Å²) in [4.78, 5) is 59.9. The molecule has 5 rings (SSSR count). The molecular formula is C23H23N7O4S. The average molecular weight is 494 g/mol. The summed E-state index contributed by atoms with van der Waals surface area (Å²) < 4.78 is 6.56. The molecule has 1 N–H and O–H groups in total. The summed E-state index contributed by atoms with van der Waals surface area (Å²) in [6.07, 6.45) is 7.88. The number of pyridine rings is 2. The topological polar surface area (TPSA) is 136 Å². The van der Waals surface area contributed by atoms with Crippen molar-refractivity contribution in [2.24, 2.45) is 0 Å². The minimum atomic E-state index is -0.511. The first-order valence-corrected chi connectivity index (χ1v) is 12.3. The Kier molecular flexibility index (Phi) is 6.31. The lowest BCUT2D eigenvalue weighted by molar-refractivity contribution is -0.136. The van der Waals surface area contributed by atoms with Crippen LogP contribution >= 0.6 is 11.8 Å². The number of rotatable bonds is 5. The van der Waals surface area contributed by atoms with Gasteiger partial charge in [-0.05, 0) is 31.2 Å². The molecule has 180 valence electrons. The Morgan fingerprint density at radius 2 is 1.89 bits per heavy atom. The van der Waals surface area contributed by atoms with E-state index in [1.54, 1.807) is 21.9 Å². The van der Waals surface area contributed by atoms with Crippen LogP contribution in [0.15, 0.2) is 45.5 Å². The number of hydrogen-bond acceptors (Lipinski definition) is 9. The van der Waals surface area contributed by atoms with Gasteiger partial charge in [-0.2, -0.15) is 0 Å². The highest BCUT2D eigenvalue weighted by Gasteiger charge is 2.27. The molecule has 1 aliphatic heterocycles. The summed E-state index contributed by atoms with van der Waals surface area (Å²) in [5.41, 5.74) is 1.77. The number of H-pyrrole nitrogens is 1. The number of piperidine rings is 1. The van der Waals surface area contributed by atoms with Crippen molar-refractivity contribution in [1.29, 1.82) is 0 Å². The average Bonchev–Trinajstić information content (AvgIpc) is 2.89. The van der Waals surface area contributed by atoms with Gasteiger partial charge in [0.1, 0.15) is 12.1 Å². The zero-order valence-electron chi connectivity index (χ0n) is 19.2. The molecule has 11 nitrogen and oxygen atoms in total. The molecule has 35 heavy (non-hydrogen) atoms. The first-order chi connectivity index (χ1) is 17.0. The van der Waals surface area contributed by atoms with Crippen LogP contribution in [0.3, 0.4) is 0 Å². The number of nitrogens with zero attached hydrogens (tertiary/aromatic N) is 6. The van der Waals surface area contributed by atoms with Crippen LogP contribution in [0, 0.1) is 0 Å². The van der Waals surface area contributed by atoms with Gasteiger partial charge in [-0.3, -0.25) is 24.1 Å². The smallest absolute Gasteiger partial charge is 0.329 e. The predicted octanol–water partition coefficient (Wildman–Crippen LogP) is 1.62. The summed E-state index contributed by atoms with van der Waals surface area (Å²) in [5, 5.41) is 0.936. The van der Waals surface area contributed by atoms with Gasteiger partial charge in [0.05, 0.1) is 22.1 Å². The second-order valence-electron chi connectivity index (χ2n) is 8.22. The molecule has 0 aliphatic carbocycles. The Morgan fingerprint density at radius 1 is 1.14 bits per heavy atom. The third kappa shape index (κ3) is 4.30. The van der Waals surface area contributed by atoms with Crippen molar-refractivity contribution in [1.82, 2.24) is 34.4 Å². The quantitative estimate of drug-likeness (QED) is 0.250. The van der Waals surface area contributed by atoms with E-state index in [0.717, 1.165) is 0 Å². The van der Waals surface area contributed by atoms with Crippen LogP contribution in [-0.2, 0) is 9.53 Å². The van der Waals surface area contributed by atoms with Gasteiger partial charge in [0.15, 0.2) is 5.16 Å². The number of methoxy groups -OCH3 is 1. The number of ether oxygens (including phenoxy) is 1. The zero-order chi connectivity index (χ0) is 24.5. The van der Waals surface area contributed by atoms with Gasteiger partial charge in [-0.15, -0.1) is 0 Å². The highest BCUT2D eigenvalue weighted by Crippen LogP contribution is 2.28. The van der Waals surface area contributed by atoms with Gasteiger partial charge in [0.2, 0.25) is 5.91 Å². The number of fused-ring (bicyclic) bond motifs is 3. The molecule has 1 amide bonds. The monoisotopic (exact) mass is 493 g/mol. The van der Waals surface area contributed by atoms with E-state index >= 15 is 0 Å². The molecule has 4 aromatic rings. The van der Waals surface area contributed by atoms with Crippen LogP contribution in [0.4, 0.5) is 0 Å². The van der Waals surface area contributed by atoms with Gasteiger partial charge in [0, 0.05) is 50.4 Å². The maximum Gasteiger partial charge on any atom is 0.329 e. The lowest BCUT2D eigenvalue weighted by atomic mass is 10.0. The Labute approximate surface area is 203 Å². The number of nitrogens with one attached hydrogen (secondary N) is 1. The van der Waals surface area contributed by atoms with Gasteiger partial charge in [0.25, 0.3) is 5.56 Å². The number of thioether (sulfide) groups is 1. The number of amides is 1.